The summed E-state index contributed by atoms with van der Waals surface area (Å²) in [5.41, 5.74) is 0.653. The van der Waals surface area contributed by atoms with E-state index in [1.165, 1.54) is 0 Å². The predicted molar refractivity (Wildman–Crippen MR) is 53.9 cm³/mol. The van der Waals surface area contributed by atoms with Gasteiger partial charge in [-0.1, -0.05) is 28.2 Å². The molecule has 1 heteroatoms. The van der Waals surface area contributed by atoms with Gasteiger partial charge in [-0.3, -0.25) is 0 Å². The van der Waals surface area contributed by atoms with Gasteiger partial charge >= 0.3 is 0 Å². The molecule has 0 aromatic rings. The number of hydrogen-bond donors (Lipinski definition) is 1. The van der Waals surface area contributed by atoms with Crippen LogP contribution >= 0.6 is 0 Å². The van der Waals surface area contributed by atoms with Crippen molar-refractivity contribution in [3.8, 4) is 0 Å². The molecule has 11 heavy (non-hydrogen) atoms. The van der Waals surface area contributed by atoms with E-state index in [9.17, 15) is 0 Å². The van der Waals surface area contributed by atoms with Crippen LogP contribution in [0.4, 0.5) is 0 Å². The van der Waals surface area contributed by atoms with Crippen LogP contribution in [0.1, 0.15) is 49.0 Å². The van der Waals surface area contributed by atoms with E-state index in [-0.39, 0.29) is 13.0 Å². The second-order valence-electron chi connectivity index (χ2n) is 5.16. The molecule has 0 aromatic carbocycles. The molecular formula is C10H25N. The molecule has 0 aliphatic carbocycles. The molecule has 1 nitrogen and oxygen atoms in total. The zero-order chi connectivity index (χ0) is 8.41. The lowest BCUT2D eigenvalue weighted by Gasteiger charge is -2.27. The van der Waals surface area contributed by atoms with Gasteiger partial charge in [0.2, 0.25) is 0 Å². The van der Waals surface area contributed by atoms with Gasteiger partial charge in [0.1, 0.15) is 0 Å². The first-order valence-corrected chi connectivity index (χ1v) is 3.96. The third-order valence-corrected chi connectivity index (χ3v) is 1.15. The van der Waals surface area contributed by atoms with Gasteiger partial charge < -0.3 is 5.32 Å². The maximum absolute atomic E-state index is 3.46. The van der Waals surface area contributed by atoms with E-state index in [0.717, 1.165) is 6.54 Å². The second-order valence-corrected chi connectivity index (χ2v) is 5.16. The third kappa shape index (κ3) is 13.0. The molecule has 0 saturated carbocycles. The van der Waals surface area contributed by atoms with Crippen molar-refractivity contribution < 1.29 is 0 Å². The van der Waals surface area contributed by atoms with Gasteiger partial charge in [0.15, 0.2) is 0 Å². The monoisotopic (exact) mass is 159 g/mol. The van der Waals surface area contributed by atoms with Crippen molar-refractivity contribution in [2.24, 2.45) is 5.41 Å². The van der Waals surface area contributed by atoms with Crippen LogP contribution in [0.25, 0.3) is 0 Å². The van der Waals surface area contributed by atoms with Crippen LogP contribution in [-0.2, 0) is 0 Å². The molecule has 0 fully saturated rings. The number of nitrogens with one attached hydrogen (secondary N) is 1. The molecular weight excluding hydrogens is 134 g/mol. The Morgan fingerprint density at radius 3 is 1.36 bits per heavy atom. The van der Waals surface area contributed by atoms with Crippen LogP contribution < -0.4 is 5.32 Å². The van der Waals surface area contributed by atoms with Crippen molar-refractivity contribution >= 4 is 0 Å². The predicted octanol–water partition coefficient (Wildman–Crippen LogP) is 3.06. The Balaban J connectivity index is 0. The van der Waals surface area contributed by atoms with Gasteiger partial charge in [-0.2, -0.15) is 0 Å². The highest BCUT2D eigenvalue weighted by Crippen LogP contribution is 2.12. The summed E-state index contributed by atoms with van der Waals surface area (Å²) in [6.45, 7) is 14.4. The van der Waals surface area contributed by atoms with Crippen LogP contribution in [-0.4, -0.2) is 12.1 Å². The van der Waals surface area contributed by atoms with Crippen LogP contribution in [0, 0.1) is 5.41 Å². The van der Waals surface area contributed by atoms with Gasteiger partial charge in [0, 0.05) is 12.1 Å². The Morgan fingerprint density at radius 2 is 1.27 bits per heavy atom. The molecule has 0 aliphatic heterocycles. The topological polar surface area (TPSA) is 12.0 Å². The van der Waals surface area contributed by atoms with E-state index >= 15 is 0 Å². The smallest absolute Gasteiger partial charge is 0.00967 e. The van der Waals surface area contributed by atoms with E-state index in [0.29, 0.717) is 5.41 Å². The summed E-state index contributed by atoms with van der Waals surface area (Å²) in [6.07, 6.45) is 0. The summed E-state index contributed by atoms with van der Waals surface area (Å²) in [5, 5.41) is 3.46. The molecule has 0 amide bonds. The number of rotatable bonds is 1. The maximum Gasteiger partial charge on any atom is 0.00967 e. The Bertz CT molecular complexity index is 78.4. The maximum atomic E-state index is 3.46. The molecule has 0 bridgehead atoms. The van der Waals surface area contributed by atoms with Crippen molar-refractivity contribution in [1.82, 2.24) is 5.32 Å². The molecule has 0 spiro atoms. The van der Waals surface area contributed by atoms with Gasteiger partial charge in [-0.15, -0.1) is 0 Å². The summed E-state index contributed by atoms with van der Waals surface area (Å²) in [6, 6.07) is 0. The minimum absolute atomic E-state index is 0. The normalized spacial score (nSPS) is 12.5. The highest BCUT2D eigenvalue weighted by molar-refractivity contribution is 4.74. The Labute approximate surface area is 72.6 Å². The molecule has 0 unspecified atom stereocenters. The van der Waals surface area contributed by atoms with Crippen molar-refractivity contribution in [1.29, 1.82) is 0 Å². The van der Waals surface area contributed by atoms with Crippen molar-refractivity contribution in [3.05, 3.63) is 0 Å². The van der Waals surface area contributed by atoms with Gasteiger partial charge in [0.25, 0.3) is 0 Å². The minimum Gasteiger partial charge on any atom is -0.312 e. The zero-order valence-electron chi connectivity index (χ0n) is 8.21. The average Bonchev–Trinajstić information content (AvgIpc) is 1.57. The highest BCUT2D eigenvalue weighted by Gasteiger charge is 2.14. The third-order valence-electron chi connectivity index (χ3n) is 1.15. The minimum atomic E-state index is 0. The second kappa shape index (κ2) is 4.10. The molecule has 0 atom stereocenters. The molecule has 0 aliphatic rings. The lowest BCUT2D eigenvalue weighted by atomic mass is 9.95. The summed E-state index contributed by atoms with van der Waals surface area (Å²) in [5.74, 6) is 0. The van der Waals surface area contributed by atoms with E-state index in [2.05, 4.69) is 46.9 Å². The summed E-state index contributed by atoms with van der Waals surface area (Å²) in [7, 11) is 0. The largest absolute Gasteiger partial charge is 0.312 e. The standard InChI is InChI=1S/C9H21N.CH4/c1-8(2,3)7-10-9(4,5)6;/h10H,7H2,1-6H3;1H4. The van der Waals surface area contributed by atoms with Gasteiger partial charge in [-0.25, -0.2) is 0 Å². The van der Waals surface area contributed by atoms with Crippen LogP contribution in [0.2, 0.25) is 0 Å². The Morgan fingerprint density at radius 1 is 0.909 bits per heavy atom. The van der Waals surface area contributed by atoms with E-state index in [1.807, 2.05) is 0 Å². The molecule has 0 saturated heterocycles. The molecule has 0 heterocycles. The van der Waals surface area contributed by atoms with Gasteiger partial charge in [0.05, 0.1) is 0 Å². The average molecular weight is 159 g/mol. The zero-order valence-corrected chi connectivity index (χ0v) is 8.21. The Hall–Kier alpha value is -0.0400. The van der Waals surface area contributed by atoms with Gasteiger partial charge in [-0.05, 0) is 26.2 Å². The molecule has 0 aromatic heterocycles. The van der Waals surface area contributed by atoms with Crippen LogP contribution in [0.5, 0.6) is 0 Å². The first-order chi connectivity index (χ1) is 4.21. The summed E-state index contributed by atoms with van der Waals surface area (Å²) >= 11 is 0. The van der Waals surface area contributed by atoms with Crippen LogP contribution in [0.15, 0.2) is 0 Å². The lowest BCUT2D eigenvalue weighted by molar-refractivity contribution is 0.315. The van der Waals surface area contributed by atoms with E-state index < -0.39 is 0 Å². The van der Waals surface area contributed by atoms with Crippen molar-refractivity contribution in [3.63, 3.8) is 0 Å². The fourth-order valence-corrected chi connectivity index (χ4v) is 0.530. The molecule has 0 radical (unpaired) electrons. The number of hydrogen-bond acceptors (Lipinski definition) is 1. The first kappa shape index (κ1) is 13.5. The quantitative estimate of drug-likeness (QED) is 0.620. The highest BCUT2D eigenvalue weighted by atomic mass is 14.9. The lowest BCUT2D eigenvalue weighted by Crippen LogP contribution is -2.40. The first-order valence-electron chi connectivity index (χ1n) is 3.96. The SMILES string of the molecule is C.CC(C)(C)CNC(C)(C)C. The van der Waals surface area contributed by atoms with E-state index in [4.69, 9.17) is 0 Å². The molecule has 1 N–H and O–H groups in total. The van der Waals surface area contributed by atoms with Crippen LogP contribution in [0.3, 0.4) is 0 Å². The Kier molecular flexibility index (Phi) is 5.05. The summed E-state index contributed by atoms with van der Waals surface area (Å²) < 4.78 is 0. The van der Waals surface area contributed by atoms with Crippen molar-refractivity contribution in [2.45, 2.75) is 54.5 Å². The fraction of sp³-hybridized carbons (Fsp3) is 1.00. The molecule has 70 valence electrons. The molecule has 0 rings (SSSR count). The summed E-state index contributed by atoms with van der Waals surface area (Å²) in [4.78, 5) is 0. The fourth-order valence-electron chi connectivity index (χ4n) is 0.530. The van der Waals surface area contributed by atoms with Crippen molar-refractivity contribution in [2.75, 3.05) is 6.54 Å². The van der Waals surface area contributed by atoms with E-state index in [1.54, 1.807) is 0 Å².